The Kier molecular flexibility index (Phi) is 7.32. The minimum absolute atomic E-state index is 0.0587. The van der Waals surface area contributed by atoms with Gasteiger partial charge in [-0.1, -0.05) is 18.0 Å². The van der Waals surface area contributed by atoms with E-state index < -0.39 is 11.6 Å². The van der Waals surface area contributed by atoms with E-state index in [1.165, 1.54) is 36.0 Å². The second kappa shape index (κ2) is 10.5. The fourth-order valence-electron chi connectivity index (χ4n) is 6.10. The van der Waals surface area contributed by atoms with Crippen molar-refractivity contribution in [2.75, 3.05) is 23.4 Å². The van der Waals surface area contributed by atoms with Crippen LogP contribution in [0, 0.1) is 35.8 Å². The zero-order valence-corrected chi connectivity index (χ0v) is 22.7. The van der Waals surface area contributed by atoms with Gasteiger partial charge in [0, 0.05) is 44.5 Å². The van der Waals surface area contributed by atoms with Crippen LogP contribution in [0.25, 0.3) is 11.0 Å². The van der Waals surface area contributed by atoms with Crippen LogP contribution in [-0.4, -0.2) is 35.2 Å². The molecule has 2 aliphatic rings. The van der Waals surface area contributed by atoms with Crippen LogP contribution in [0.15, 0.2) is 29.1 Å². The first-order valence-electron chi connectivity index (χ1n) is 13.2. The van der Waals surface area contributed by atoms with Crippen molar-refractivity contribution in [2.24, 2.45) is 13.0 Å². The summed E-state index contributed by atoms with van der Waals surface area (Å²) in [5.41, 5.74) is 2.88. The topological polar surface area (TPSA) is 65.2 Å². The first-order chi connectivity index (χ1) is 18.2. The van der Waals surface area contributed by atoms with Crippen molar-refractivity contribution in [3.8, 4) is 6.07 Å². The molecule has 2 saturated carbocycles. The van der Waals surface area contributed by atoms with Crippen molar-refractivity contribution < 1.29 is 8.78 Å². The van der Waals surface area contributed by atoms with Crippen LogP contribution in [-0.2, 0) is 7.05 Å². The summed E-state index contributed by atoms with van der Waals surface area (Å²) in [5.74, 6) is -1.06. The Labute approximate surface area is 226 Å². The van der Waals surface area contributed by atoms with Crippen LogP contribution in [0.5, 0.6) is 0 Å². The standard InChI is InChI=1S/C29H32ClF2N5O/c1-17-13-22(31)23(32)14-25(17)37(16-18-5-4-6-18)20-9-7-19(8-10-20)35(2)28-21(15-33)29(38)36(3)24-11-12-26(30)34-27(24)28/h11-14,18-20H,4-10,16H2,1-3H3. The fraction of sp³-hybridized carbons (Fsp3) is 0.483. The maximum absolute atomic E-state index is 14.3. The molecule has 2 aromatic heterocycles. The van der Waals surface area contributed by atoms with Gasteiger partial charge in [-0.25, -0.2) is 13.8 Å². The molecule has 0 aliphatic heterocycles. The Balaban J connectivity index is 1.43. The van der Waals surface area contributed by atoms with E-state index >= 15 is 0 Å². The summed E-state index contributed by atoms with van der Waals surface area (Å²) < 4.78 is 29.6. The largest absolute Gasteiger partial charge is 0.369 e. The lowest BCUT2D eigenvalue weighted by atomic mass is 9.83. The number of pyridine rings is 2. The van der Waals surface area contributed by atoms with Crippen LogP contribution in [0.4, 0.5) is 20.2 Å². The predicted octanol–water partition coefficient (Wildman–Crippen LogP) is 6.10. The highest BCUT2D eigenvalue weighted by Crippen LogP contribution is 2.38. The van der Waals surface area contributed by atoms with Crippen LogP contribution >= 0.6 is 11.6 Å². The molecule has 0 N–H and O–H groups in total. The van der Waals surface area contributed by atoms with Crippen LogP contribution < -0.4 is 15.4 Å². The number of halogens is 3. The van der Waals surface area contributed by atoms with E-state index in [0.29, 0.717) is 27.8 Å². The molecule has 2 fully saturated rings. The number of nitrogens with zero attached hydrogens (tertiary/aromatic N) is 5. The number of fused-ring (bicyclic) bond motifs is 1. The van der Waals surface area contributed by atoms with E-state index in [0.717, 1.165) is 43.5 Å². The summed E-state index contributed by atoms with van der Waals surface area (Å²) in [6, 6.07) is 8.43. The van der Waals surface area contributed by atoms with Crippen molar-refractivity contribution in [1.82, 2.24) is 9.55 Å². The molecule has 6 nitrogen and oxygen atoms in total. The number of rotatable bonds is 6. The molecule has 0 saturated heterocycles. The quantitative estimate of drug-likeness (QED) is 0.354. The van der Waals surface area contributed by atoms with Crippen molar-refractivity contribution >= 4 is 34.0 Å². The lowest BCUT2D eigenvalue weighted by Crippen LogP contribution is -2.46. The molecule has 2 aliphatic carbocycles. The summed E-state index contributed by atoms with van der Waals surface area (Å²) in [6.07, 6.45) is 6.93. The molecule has 200 valence electrons. The predicted molar refractivity (Wildman–Crippen MR) is 147 cm³/mol. The van der Waals surface area contributed by atoms with E-state index in [2.05, 4.69) is 16.0 Å². The average Bonchev–Trinajstić information content (AvgIpc) is 2.87. The molecule has 0 amide bonds. The fourth-order valence-corrected chi connectivity index (χ4v) is 6.24. The third kappa shape index (κ3) is 4.73. The summed E-state index contributed by atoms with van der Waals surface area (Å²) in [5, 5.41) is 10.2. The molecule has 3 aromatic rings. The summed E-state index contributed by atoms with van der Waals surface area (Å²) in [6.45, 7) is 2.69. The maximum atomic E-state index is 14.3. The zero-order valence-electron chi connectivity index (χ0n) is 22.0. The number of benzene rings is 1. The number of nitriles is 1. The zero-order chi connectivity index (χ0) is 27.1. The van der Waals surface area contributed by atoms with Gasteiger partial charge in [-0.15, -0.1) is 0 Å². The molecule has 2 heterocycles. The minimum atomic E-state index is -0.816. The van der Waals surface area contributed by atoms with Gasteiger partial charge in [-0.2, -0.15) is 5.26 Å². The van der Waals surface area contributed by atoms with Gasteiger partial charge in [0.25, 0.3) is 5.56 Å². The molecule has 1 aromatic carbocycles. The van der Waals surface area contributed by atoms with Crippen molar-refractivity contribution in [1.29, 1.82) is 5.26 Å². The van der Waals surface area contributed by atoms with E-state index in [4.69, 9.17) is 11.6 Å². The van der Waals surface area contributed by atoms with Crippen LogP contribution in [0.3, 0.4) is 0 Å². The maximum Gasteiger partial charge on any atom is 0.270 e. The first-order valence-corrected chi connectivity index (χ1v) is 13.6. The normalized spacial score (nSPS) is 19.7. The van der Waals surface area contributed by atoms with Gasteiger partial charge in [0.2, 0.25) is 0 Å². The van der Waals surface area contributed by atoms with Gasteiger partial charge >= 0.3 is 0 Å². The van der Waals surface area contributed by atoms with E-state index in [9.17, 15) is 18.8 Å². The van der Waals surface area contributed by atoms with E-state index in [-0.39, 0.29) is 23.2 Å². The van der Waals surface area contributed by atoms with Gasteiger partial charge < -0.3 is 14.4 Å². The lowest BCUT2D eigenvalue weighted by Gasteiger charge is -2.44. The Bertz CT molecular complexity index is 1470. The van der Waals surface area contributed by atoms with Gasteiger partial charge in [0.05, 0.1) is 11.2 Å². The minimum Gasteiger partial charge on any atom is -0.369 e. The second-order valence-electron chi connectivity index (χ2n) is 10.8. The third-order valence-corrected chi connectivity index (χ3v) is 8.74. The Morgan fingerprint density at radius 1 is 1.11 bits per heavy atom. The van der Waals surface area contributed by atoms with Crippen molar-refractivity contribution in [3.05, 3.63) is 62.5 Å². The molecular formula is C29H32ClF2N5O. The molecular weight excluding hydrogens is 508 g/mol. The summed E-state index contributed by atoms with van der Waals surface area (Å²) in [7, 11) is 3.54. The van der Waals surface area contributed by atoms with Gasteiger partial charge in [-0.05, 0) is 75.1 Å². The number of anilines is 2. The molecule has 0 radical (unpaired) electrons. The molecule has 38 heavy (non-hydrogen) atoms. The van der Waals surface area contributed by atoms with Crippen LogP contribution in [0.1, 0.15) is 56.1 Å². The van der Waals surface area contributed by atoms with Gasteiger partial charge in [0.1, 0.15) is 22.3 Å². The molecule has 0 spiro atoms. The highest BCUT2D eigenvalue weighted by atomic mass is 35.5. The lowest BCUT2D eigenvalue weighted by molar-refractivity contribution is 0.290. The van der Waals surface area contributed by atoms with Gasteiger partial charge in [-0.3, -0.25) is 4.79 Å². The van der Waals surface area contributed by atoms with Crippen molar-refractivity contribution in [2.45, 2.75) is 64.0 Å². The molecule has 0 atom stereocenters. The summed E-state index contributed by atoms with van der Waals surface area (Å²) >= 11 is 6.22. The molecule has 0 unspecified atom stereocenters. The number of hydrogen-bond acceptors (Lipinski definition) is 5. The summed E-state index contributed by atoms with van der Waals surface area (Å²) in [4.78, 5) is 21.8. The smallest absolute Gasteiger partial charge is 0.270 e. The molecule has 5 rings (SSSR count). The average molecular weight is 540 g/mol. The highest BCUT2D eigenvalue weighted by Gasteiger charge is 2.33. The Morgan fingerprint density at radius 2 is 1.76 bits per heavy atom. The Hall–Kier alpha value is -3.18. The SMILES string of the molecule is Cc1cc(F)c(F)cc1N(CC1CCC1)C1CCC(N(C)c2c(C#N)c(=O)n(C)c3ccc(Cl)nc23)CC1. The van der Waals surface area contributed by atoms with E-state index in [1.54, 1.807) is 19.2 Å². The Morgan fingerprint density at radius 3 is 2.39 bits per heavy atom. The third-order valence-electron chi connectivity index (χ3n) is 8.53. The number of hydrogen-bond donors (Lipinski definition) is 0. The second-order valence-corrected chi connectivity index (χ2v) is 11.2. The van der Waals surface area contributed by atoms with E-state index in [1.807, 2.05) is 18.9 Å². The first kappa shape index (κ1) is 26.4. The molecule has 9 heteroatoms. The van der Waals surface area contributed by atoms with Gasteiger partial charge in [0.15, 0.2) is 11.6 Å². The highest BCUT2D eigenvalue weighted by molar-refractivity contribution is 6.29. The van der Waals surface area contributed by atoms with Crippen molar-refractivity contribution in [3.63, 3.8) is 0 Å². The number of aromatic nitrogens is 2. The van der Waals surface area contributed by atoms with Crippen LogP contribution in [0.2, 0.25) is 5.15 Å². The number of aryl methyl sites for hydroxylation is 2. The monoisotopic (exact) mass is 539 g/mol. The molecule has 0 bridgehead atoms.